The molecule has 0 aliphatic carbocycles. The molecule has 0 aromatic heterocycles. The molecule has 1 aromatic rings. The van der Waals surface area contributed by atoms with Crippen molar-refractivity contribution in [1.29, 1.82) is 0 Å². The lowest BCUT2D eigenvalue weighted by Crippen LogP contribution is -2.87. The van der Waals surface area contributed by atoms with E-state index < -0.39 is 0 Å². The summed E-state index contributed by atoms with van der Waals surface area (Å²) in [5, 5.41) is 6.64. The van der Waals surface area contributed by atoms with Crippen molar-refractivity contribution in [2.24, 2.45) is 0 Å². The van der Waals surface area contributed by atoms with Crippen LogP contribution in [0.4, 0.5) is 5.69 Å². The summed E-state index contributed by atoms with van der Waals surface area (Å²) in [5.74, 6) is 0. The average Bonchev–Trinajstić information content (AvgIpc) is 2.70. The summed E-state index contributed by atoms with van der Waals surface area (Å²) in [6, 6.07) is 8.64. The van der Waals surface area contributed by atoms with Crippen molar-refractivity contribution in [1.82, 2.24) is 0 Å². The van der Waals surface area contributed by atoms with Gasteiger partial charge < -0.3 is 10.6 Å². The zero-order valence-corrected chi connectivity index (χ0v) is 8.93. The Labute approximate surface area is 89.7 Å². The Hall–Kier alpha value is -0.730. The number of hydrogen-bond donors (Lipinski definition) is 2. The molecule has 14 heavy (non-hydrogen) atoms. The maximum atomic E-state index is 5.80. The fourth-order valence-electron chi connectivity index (χ4n) is 1.85. The number of hydrogen-bond acceptors (Lipinski definition) is 1. The van der Waals surface area contributed by atoms with Gasteiger partial charge in [0.05, 0.1) is 13.1 Å². The minimum absolute atomic E-state index is 0.755. The smallest absolute Gasteiger partial charge is 0.104 e. The number of rotatable bonds is 3. The third kappa shape index (κ3) is 2.63. The molecule has 1 heterocycles. The van der Waals surface area contributed by atoms with Gasteiger partial charge in [0.1, 0.15) is 6.04 Å². The number of anilines is 1. The normalized spacial score (nSPS) is 21.1. The van der Waals surface area contributed by atoms with Crippen LogP contribution in [0.2, 0.25) is 5.02 Å². The van der Waals surface area contributed by atoms with Gasteiger partial charge in [-0.2, -0.15) is 0 Å². The van der Waals surface area contributed by atoms with Crippen molar-refractivity contribution in [2.45, 2.75) is 18.9 Å². The van der Waals surface area contributed by atoms with Crippen LogP contribution in [0.3, 0.4) is 0 Å². The van der Waals surface area contributed by atoms with Crippen LogP contribution in [-0.2, 0) is 0 Å². The van der Waals surface area contributed by atoms with Crippen LogP contribution in [0.25, 0.3) is 0 Å². The monoisotopic (exact) mass is 211 g/mol. The molecule has 3 N–H and O–H groups in total. The van der Waals surface area contributed by atoms with Crippen molar-refractivity contribution in [3.63, 3.8) is 0 Å². The van der Waals surface area contributed by atoms with Gasteiger partial charge in [0, 0.05) is 23.6 Å². The maximum absolute atomic E-state index is 5.80. The molecule has 1 aromatic carbocycles. The molecule has 0 unspecified atom stereocenters. The van der Waals surface area contributed by atoms with E-state index in [9.17, 15) is 0 Å². The summed E-state index contributed by atoms with van der Waals surface area (Å²) in [7, 11) is 0. The first kappa shape index (κ1) is 9.81. The van der Waals surface area contributed by atoms with Crippen LogP contribution in [0, 0.1) is 0 Å². The van der Waals surface area contributed by atoms with Gasteiger partial charge in [-0.3, -0.25) is 0 Å². The molecule has 2 rings (SSSR count). The van der Waals surface area contributed by atoms with E-state index in [0.29, 0.717) is 0 Å². The van der Waals surface area contributed by atoms with Gasteiger partial charge in [-0.1, -0.05) is 11.6 Å². The Morgan fingerprint density at radius 1 is 1.36 bits per heavy atom. The van der Waals surface area contributed by atoms with Crippen molar-refractivity contribution in [3.8, 4) is 0 Å². The predicted octanol–water partition coefficient (Wildman–Crippen LogP) is 1.48. The van der Waals surface area contributed by atoms with Gasteiger partial charge in [-0.25, -0.2) is 0 Å². The summed E-state index contributed by atoms with van der Waals surface area (Å²) in [5.41, 5.74) is 1.16. The lowest BCUT2D eigenvalue weighted by molar-refractivity contribution is -0.666. The van der Waals surface area contributed by atoms with Crippen LogP contribution >= 0.6 is 11.6 Å². The van der Waals surface area contributed by atoms with Crippen LogP contribution in [0.15, 0.2) is 24.3 Å². The molecular weight excluding hydrogens is 196 g/mol. The molecule has 3 heteroatoms. The number of quaternary nitrogens is 1. The Bertz CT molecular complexity index is 278. The number of halogens is 1. The summed E-state index contributed by atoms with van der Waals surface area (Å²) in [4.78, 5) is 0. The SMILES string of the molecule is Clc1ccc(NC[C@@H]2CCC[NH2+]2)cc1. The van der Waals surface area contributed by atoms with Gasteiger partial charge >= 0.3 is 0 Å². The third-order valence-electron chi connectivity index (χ3n) is 2.69. The first-order valence-corrected chi connectivity index (χ1v) is 5.55. The molecule has 0 spiro atoms. The summed E-state index contributed by atoms with van der Waals surface area (Å²) in [6.45, 7) is 2.34. The van der Waals surface area contributed by atoms with Gasteiger partial charge in [0.25, 0.3) is 0 Å². The molecule has 0 amide bonds. The minimum Gasteiger partial charge on any atom is -0.379 e. The van der Waals surface area contributed by atoms with Crippen molar-refractivity contribution >= 4 is 17.3 Å². The van der Waals surface area contributed by atoms with Crippen molar-refractivity contribution < 1.29 is 5.32 Å². The van der Waals surface area contributed by atoms with E-state index in [0.717, 1.165) is 23.3 Å². The predicted molar refractivity (Wildman–Crippen MR) is 59.8 cm³/mol. The molecule has 1 aliphatic rings. The number of nitrogens with two attached hydrogens (primary N) is 1. The van der Waals surface area contributed by atoms with Crippen LogP contribution in [0.5, 0.6) is 0 Å². The van der Waals surface area contributed by atoms with E-state index in [1.165, 1.54) is 19.4 Å². The van der Waals surface area contributed by atoms with E-state index in [1.54, 1.807) is 0 Å². The molecular formula is C11H16ClN2+. The summed E-state index contributed by atoms with van der Waals surface area (Å²) >= 11 is 5.80. The Morgan fingerprint density at radius 2 is 2.14 bits per heavy atom. The molecule has 0 saturated carbocycles. The van der Waals surface area contributed by atoms with Gasteiger partial charge in [0.2, 0.25) is 0 Å². The minimum atomic E-state index is 0.755. The van der Waals surface area contributed by atoms with E-state index >= 15 is 0 Å². The fraction of sp³-hybridized carbons (Fsp3) is 0.455. The largest absolute Gasteiger partial charge is 0.379 e. The second-order valence-electron chi connectivity index (χ2n) is 3.81. The summed E-state index contributed by atoms with van der Waals surface area (Å²) < 4.78 is 0. The number of nitrogens with one attached hydrogen (secondary N) is 1. The first-order chi connectivity index (χ1) is 6.84. The van der Waals surface area contributed by atoms with Gasteiger partial charge in [0.15, 0.2) is 0 Å². The highest BCUT2D eigenvalue weighted by molar-refractivity contribution is 6.30. The molecule has 0 radical (unpaired) electrons. The lowest BCUT2D eigenvalue weighted by atomic mass is 10.2. The average molecular weight is 212 g/mol. The number of benzene rings is 1. The van der Waals surface area contributed by atoms with Gasteiger partial charge in [-0.15, -0.1) is 0 Å². The second-order valence-corrected chi connectivity index (χ2v) is 4.25. The van der Waals surface area contributed by atoms with E-state index in [1.807, 2.05) is 24.3 Å². The molecule has 1 aliphatic heterocycles. The Morgan fingerprint density at radius 3 is 2.79 bits per heavy atom. The van der Waals surface area contributed by atoms with Crippen LogP contribution in [-0.4, -0.2) is 19.1 Å². The van der Waals surface area contributed by atoms with Crippen molar-refractivity contribution in [3.05, 3.63) is 29.3 Å². The van der Waals surface area contributed by atoms with Crippen LogP contribution < -0.4 is 10.6 Å². The highest BCUT2D eigenvalue weighted by atomic mass is 35.5. The van der Waals surface area contributed by atoms with Crippen LogP contribution in [0.1, 0.15) is 12.8 Å². The third-order valence-corrected chi connectivity index (χ3v) is 2.94. The standard InChI is InChI=1S/C11H15ClN2/c12-9-3-5-10(6-4-9)14-8-11-2-1-7-13-11/h3-6,11,13-14H,1-2,7-8H2/p+1/t11-/m0/s1. The topological polar surface area (TPSA) is 28.6 Å². The highest BCUT2D eigenvalue weighted by Gasteiger charge is 2.17. The quantitative estimate of drug-likeness (QED) is 0.779. The highest BCUT2D eigenvalue weighted by Crippen LogP contribution is 2.13. The Kier molecular flexibility index (Phi) is 3.27. The second kappa shape index (κ2) is 4.67. The molecule has 1 atom stereocenters. The van der Waals surface area contributed by atoms with E-state index in [-0.39, 0.29) is 0 Å². The molecule has 76 valence electrons. The molecule has 2 nitrogen and oxygen atoms in total. The lowest BCUT2D eigenvalue weighted by Gasteiger charge is -2.09. The zero-order chi connectivity index (χ0) is 9.80. The molecule has 1 fully saturated rings. The Balaban J connectivity index is 1.82. The summed E-state index contributed by atoms with van der Waals surface area (Å²) in [6.07, 6.45) is 2.69. The zero-order valence-electron chi connectivity index (χ0n) is 8.17. The van der Waals surface area contributed by atoms with Crippen molar-refractivity contribution in [2.75, 3.05) is 18.4 Å². The van der Waals surface area contributed by atoms with E-state index in [4.69, 9.17) is 11.6 Å². The van der Waals surface area contributed by atoms with Gasteiger partial charge in [-0.05, 0) is 24.3 Å². The maximum Gasteiger partial charge on any atom is 0.104 e. The van der Waals surface area contributed by atoms with E-state index in [2.05, 4.69) is 10.6 Å². The molecule has 0 bridgehead atoms. The first-order valence-electron chi connectivity index (χ1n) is 5.17. The fourth-order valence-corrected chi connectivity index (χ4v) is 1.98. The molecule has 1 saturated heterocycles.